The first-order chi connectivity index (χ1) is 17.7. The van der Waals surface area contributed by atoms with Gasteiger partial charge in [0.1, 0.15) is 12.1 Å². The molecule has 0 spiro atoms. The topological polar surface area (TPSA) is 125 Å². The summed E-state index contributed by atoms with van der Waals surface area (Å²) in [6.07, 6.45) is 7.80. The highest BCUT2D eigenvalue weighted by atomic mass is 16.1. The van der Waals surface area contributed by atoms with Crippen molar-refractivity contribution in [1.82, 2.24) is 35.3 Å². The number of aromatic amines is 1. The standard InChI is InChI=1S/C26H23N9O/c36-16-23(13-28-22-5-8-29-30-12-22)35-14-18-2-1-17(9-20(18)15-35)26-27-7-6-25(33-26)32-21-3-4-24-19(10-21)11-31-34-24/h1-12,16,23H,13-15H2,(H,28,29)(H,31,34)(H,27,32,33). The van der Waals surface area contributed by atoms with Gasteiger partial charge in [0.25, 0.3) is 0 Å². The molecule has 178 valence electrons. The van der Waals surface area contributed by atoms with Crippen LogP contribution in [0.2, 0.25) is 0 Å². The predicted molar refractivity (Wildman–Crippen MR) is 136 cm³/mol. The number of fused-ring (bicyclic) bond motifs is 2. The summed E-state index contributed by atoms with van der Waals surface area (Å²) < 4.78 is 0. The van der Waals surface area contributed by atoms with Crippen LogP contribution in [0.3, 0.4) is 0 Å². The van der Waals surface area contributed by atoms with Crippen molar-refractivity contribution < 1.29 is 4.79 Å². The van der Waals surface area contributed by atoms with Crippen LogP contribution in [0.15, 0.2) is 73.3 Å². The van der Waals surface area contributed by atoms with Crippen molar-refractivity contribution >= 4 is 34.4 Å². The molecule has 1 unspecified atom stereocenters. The Kier molecular flexibility index (Phi) is 5.76. The molecule has 10 heteroatoms. The molecule has 0 saturated carbocycles. The highest BCUT2D eigenvalue weighted by Gasteiger charge is 2.26. The van der Waals surface area contributed by atoms with Gasteiger partial charge in [-0.2, -0.15) is 15.3 Å². The van der Waals surface area contributed by atoms with Gasteiger partial charge in [-0.3, -0.25) is 10.00 Å². The molecule has 6 rings (SSSR count). The normalized spacial score (nSPS) is 13.9. The average Bonchev–Trinajstić information content (AvgIpc) is 3.56. The van der Waals surface area contributed by atoms with Crippen LogP contribution in [0.1, 0.15) is 11.1 Å². The smallest absolute Gasteiger partial charge is 0.161 e. The van der Waals surface area contributed by atoms with Gasteiger partial charge < -0.3 is 15.4 Å². The lowest BCUT2D eigenvalue weighted by molar-refractivity contribution is -0.112. The van der Waals surface area contributed by atoms with Crippen molar-refractivity contribution in [3.63, 3.8) is 0 Å². The molecule has 0 radical (unpaired) electrons. The highest BCUT2D eigenvalue weighted by Crippen LogP contribution is 2.29. The number of carbonyl (C=O) groups is 1. The number of rotatable bonds is 8. The zero-order chi connectivity index (χ0) is 24.3. The third kappa shape index (κ3) is 4.49. The van der Waals surface area contributed by atoms with Crippen molar-refractivity contribution in [2.45, 2.75) is 19.1 Å². The van der Waals surface area contributed by atoms with Gasteiger partial charge in [-0.15, -0.1) is 0 Å². The predicted octanol–water partition coefficient (Wildman–Crippen LogP) is 3.55. The second-order valence-corrected chi connectivity index (χ2v) is 8.67. The van der Waals surface area contributed by atoms with Crippen LogP contribution in [0.5, 0.6) is 0 Å². The molecule has 1 aliphatic rings. The highest BCUT2D eigenvalue weighted by molar-refractivity contribution is 5.82. The van der Waals surface area contributed by atoms with E-state index in [0.717, 1.165) is 34.1 Å². The first-order valence-electron chi connectivity index (χ1n) is 11.6. The van der Waals surface area contributed by atoms with Gasteiger partial charge in [-0.1, -0.05) is 12.1 Å². The van der Waals surface area contributed by atoms with E-state index in [1.54, 1.807) is 24.8 Å². The van der Waals surface area contributed by atoms with Gasteiger partial charge >= 0.3 is 0 Å². The number of aldehydes is 1. The van der Waals surface area contributed by atoms with E-state index < -0.39 is 0 Å². The lowest BCUT2D eigenvalue weighted by Gasteiger charge is -2.23. The fourth-order valence-corrected chi connectivity index (χ4v) is 4.41. The van der Waals surface area contributed by atoms with E-state index in [9.17, 15) is 4.79 Å². The van der Waals surface area contributed by atoms with Gasteiger partial charge in [0.05, 0.1) is 35.8 Å². The molecule has 36 heavy (non-hydrogen) atoms. The molecule has 2 aromatic carbocycles. The van der Waals surface area contributed by atoms with Crippen LogP contribution >= 0.6 is 0 Å². The largest absolute Gasteiger partial charge is 0.382 e. The Morgan fingerprint density at radius 1 is 0.972 bits per heavy atom. The molecule has 0 aliphatic carbocycles. The Labute approximate surface area is 206 Å². The Bertz CT molecular complexity index is 1520. The van der Waals surface area contributed by atoms with Crippen molar-refractivity contribution in [1.29, 1.82) is 0 Å². The number of nitrogens with one attached hydrogen (secondary N) is 3. The number of anilines is 3. The number of nitrogens with zero attached hydrogens (tertiary/aromatic N) is 6. The number of hydrogen-bond acceptors (Lipinski definition) is 9. The average molecular weight is 478 g/mol. The Hall–Kier alpha value is -4.70. The van der Waals surface area contributed by atoms with Crippen LogP contribution in [-0.2, 0) is 17.9 Å². The second-order valence-electron chi connectivity index (χ2n) is 8.67. The van der Waals surface area contributed by atoms with E-state index in [4.69, 9.17) is 4.98 Å². The van der Waals surface area contributed by atoms with E-state index in [0.29, 0.717) is 31.3 Å². The summed E-state index contributed by atoms with van der Waals surface area (Å²) in [5.41, 5.74) is 6.07. The molecule has 10 nitrogen and oxygen atoms in total. The van der Waals surface area contributed by atoms with Crippen molar-refractivity contribution in [3.05, 3.63) is 84.4 Å². The molecular formula is C26H23N9O. The van der Waals surface area contributed by atoms with E-state index in [-0.39, 0.29) is 6.04 Å². The number of carbonyl (C=O) groups excluding carboxylic acids is 1. The number of benzene rings is 2. The van der Waals surface area contributed by atoms with Gasteiger partial charge in [-0.25, -0.2) is 9.97 Å². The molecule has 0 fully saturated rings. The Balaban J connectivity index is 1.16. The SMILES string of the molecule is O=CC(CNc1ccnnc1)N1Cc2ccc(-c3nccc(Nc4ccc5[nH]ncc5c4)n3)cc2C1. The Morgan fingerprint density at radius 2 is 1.92 bits per heavy atom. The molecule has 3 aromatic heterocycles. The van der Waals surface area contributed by atoms with Crippen LogP contribution in [0.25, 0.3) is 22.3 Å². The maximum Gasteiger partial charge on any atom is 0.161 e. The van der Waals surface area contributed by atoms with Crippen LogP contribution in [0.4, 0.5) is 17.2 Å². The molecule has 3 N–H and O–H groups in total. The molecule has 0 bridgehead atoms. The van der Waals surface area contributed by atoms with Gasteiger partial charge in [0.2, 0.25) is 0 Å². The zero-order valence-corrected chi connectivity index (χ0v) is 19.3. The quantitative estimate of drug-likeness (QED) is 0.288. The molecule has 5 aromatic rings. The summed E-state index contributed by atoms with van der Waals surface area (Å²) in [4.78, 5) is 23.2. The van der Waals surface area contributed by atoms with Crippen LogP contribution < -0.4 is 10.6 Å². The summed E-state index contributed by atoms with van der Waals surface area (Å²) in [6.45, 7) is 1.90. The minimum atomic E-state index is -0.259. The Morgan fingerprint density at radius 3 is 2.81 bits per heavy atom. The summed E-state index contributed by atoms with van der Waals surface area (Å²) in [5, 5.41) is 22.3. The maximum absolute atomic E-state index is 11.9. The molecule has 1 aliphatic heterocycles. The fraction of sp³-hybridized carbons (Fsp3) is 0.154. The van der Waals surface area contributed by atoms with Crippen LogP contribution in [-0.4, -0.2) is 54.1 Å². The van der Waals surface area contributed by atoms with Gasteiger partial charge in [0, 0.05) is 42.5 Å². The minimum Gasteiger partial charge on any atom is -0.382 e. The van der Waals surface area contributed by atoms with E-state index in [1.165, 1.54) is 11.1 Å². The molecule has 0 amide bonds. The molecule has 1 atom stereocenters. The number of H-pyrrole nitrogens is 1. The lowest BCUT2D eigenvalue weighted by Crippen LogP contribution is -2.37. The summed E-state index contributed by atoms with van der Waals surface area (Å²) in [5.74, 6) is 1.35. The number of hydrogen-bond donors (Lipinski definition) is 3. The van der Waals surface area contributed by atoms with E-state index >= 15 is 0 Å². The lowest BCUT2D eigenvalue weighted by atomic mass is 10.1. The van der Waals surface area contributed by atoms with E-state index in [2.05, 4.69) is 53.0 Å². The van der Waals surface area contributed by atoms with Gasteiger partial charge in [-0.05, 0) is 47.5 Å². The fourth-order valence-electron chi connectivity index (χ4n) is 4.41. The molecule has 4 heterocycles. The van der Waals surface area contributed by atoms with Crippen LogP contribution in [0, 0.1) is 0 Å². The summed E-state index contributed by atoms with van der Waals surface area (Å²) >= 11 is 0. The zero-order valence-electron chi connectivity index (χ0n) is 19.3. The van der Waals surface area contributed by atoms with Crippen molar-refractivity contribution in [3.8, 4) is 11.4 Å². The summed E-state index contributed by atoms with van der Waals surface area (Å²) in [6, 6.07) is 15.7. The third-order valence-corrected chi connectivity index (χ3v) is 6.31. The first kappa shape index (κ1) is 21.8. The van der Waals surface area contributed by atoms with E-state index in [1.807, 2.05) is 36.4 Å². The third-order valence-electron chi connectivity index (χ3n) is 6.31. The molecule has 0 saturated heterocycles. The second kappa shape index (κ2) is 9.51. The summed E-state index contributed by atoms with van der Waals surface area (Å²) in [7, 11) is 0. The van der Waals surface area contributed by atoms with Gasteiger partial charge in [0.15, 0.2) is 5.82 Å². The molecular weight excluding hydrogens is 454 g/mol. The van der Waals surface area contributed by atoms with Crippen molar-refractivity contribution in [2.24, 2.45) is 0 Å². The van der Waals surface area contributed by atoms with Crippen molar-refractivity contribution in [2.75, 3.05) is 17.2 Å². The number of aromatic nitrogens is 6. The first-order valence-corrected chi connectivity index (χ1v) is 11.6. The monoisotopic (exact) mass is 477 g/mol. The minimum absolute atomic E-state index is 0.259. The maximum atomic E-state index is 11.9.